The predicted octanol–water partition coefficient (Wildman–Crippen LogP) is 2.68. The average molecular weight is 363 g/mol. The average Bonchev–Trinajstić information content (AvgIpc) is 2.95. The van der Waals surface area contributed by atoms with Crippen molar-refractivity contribution in [2.75, 3.05) is 5.75 Å². The number of benzene rings is 2. The van der Waals surface area contributed by atoms with E-state index in [4.69, 9.17) is 11.6 Å². The molecule has 2 amide bonds. The van der Waals surface area contributed by atoms with Crippen LogP contribution in [0.15, 0.2) is 54.6 Å². The van der Waals surface area contributed by atoms with Gasteiger partial charge in [0.25, 0.3) is 11.8 Å². The zero-order chi connectivity index (χ0) is 17.1. The van der Waals surface area contributed by atoms with Crippen molar-refractivity contribution in [3.05, 3.63) is 70.7 Å². The predicted molar refractivity (Wildman–Crippen MR) is 93.0 cm³/mol. The van der Waals surface area contributed by atoms with Crippen LogP contribution in [0.3, 0.4) is 0 Å². The molecule has 0 aliphatic carbocycles. The highest BCUT2D eigenvalue weighted by atomic mass is 35.5. The van der Waals surface area contributed by atoms with Crippen molar-refractivity contribution in [2.24, 2.45) is 0 Å². The zero-order valence-electron chi connectivity index (χ0n) is 12.6. The number of hydrogen-bond acceptors (Lipinski definition) is 4. The topological polar surface area (TPSA) is 69.6 Å². The fourth-order valence-corrected chi connectivity index (χ4v) is 3.71. The molecule has 1 aliphatic rings. The molecule has 2 aromatic carbocycles. The molecule has 0 radical (unpaired) electrons. The van der Waals surface area contributed by atoms with Gasteiger partial charge >= 0.3 is 0 Å². The lowest BCUT2D eigenvalue weighted by atomic mass is 10.1. The van der Waals surface area contributed by atoms with E-state index in [1.54, 1.807) is 48.5 Å². The highest BCUT2D eigenvalue weighted by molar-refractivity contribution is 8.00. The summed E-state index contributed by atoms with van der Waals surface area (Å²) in [4.78, 5) is 24.4. The van der Waals surface area contributed by atoms with Gasteiger partial charge in [-0.3, -0.25) is 15.0 Å². The van der Waals surface area contributed by atoms with Gasteiger partial charge in [0.2, 0.25) is 0 Å². The van der Waals surface area contributed by atoms with Crippen molar-refractivity contribution in [1.29, 1.82) is 0 Å². The number of aliphatic hydroxyl groups is 1. The van der Waals surface area contributed by atoms with Crippen LogP contribution in [0.5, 0.6) is 0 Å². The van der Waals surface area contributed by atoms with E-state index in [-0.39, 0.29) is 17.0 Å². The highest BCUT2D eigenvalue weighted by Crippen LogP contribution is 2.38. The highest BCUT2D eigenvalue weighted by Gasteiger charge is 2.35. The molecule has 1 heterocycles. The van der Waals surface area contributed by atoms with E-state index in [1.165, 1.54) is 16.8 Å². The van der Waals surface area contributed by atoms with E-state index in [0.717, 1.165) is 5.56 Å². The zero-order valence-corrected chi connectivity index (χ0v) is 14.1. The quantitative estimate of drug-likeness (QED) is 0.877. The molecule has 3 rings (SSSR count). The molecule has 2 aromatic rings. The molecule has 2 N–H and O–H groups in total. The summed E-state index contributed by atoms with van der Waals surface area (Å²) in [6, 6.07) is 15.7. The SMILES string of the molecule is O=C(NN1C(=O)CSC1c1cccc(Cl)c1)C(O)c1ccccc1. The Kier molecular flexibility index (Phi) is 5.08. The second kappa shape index (κ2) is 7.25. The monoisotopic (exact) mass is 362 g/mol. The van der Waals surface area contributed by atoms with Gasteiger partial charge in [-0.15, -0.1) is 11.8 Å². The summed E-state index contributed by atoms with van der Waals surface area (Å²) in [6.45, 7) is 0. The minimum atomic E-state index is -1.34. The van der Waals surface area contributed by atoms with E-state index in [0.29, 0.717) is 10.6 Å². The van der Waals surface area contributed by atoms with Crippen LogP contribution in [-0.2, 0) is 9.59 Å². The minimum absolute atomic E-state index is 0.224. The van der Waals surface area contributed by atoms with Crippen molar-refractivity contribution >= 4 is 35.2 Å². The molecule has 2 atom stereocenters. The molecule has 0 aromatic heterocycles. The summed E-state index contributed by atoms with van der Waals surface area (Å²) in [5.74, 6) is -0.624. The first-order chi connectivity index (χ1) is 11.6. The molecule has 1 fully saturated rings. The third-order valence-corrected chi connectivity index (χ3v) is 5.04. The molecule has 0 bridgehead atoms. The Balaban J connectivity index is 1.77. The maximum absolute atomic E-state index is 12.3. The second-order valence-electron chi connectivity index (χ2n) is 5.27. The first-order valence-corrected chi connectivity index (χ1v) is 8.71. The number of thioether (sulfide) groups is 1. The van der Waals surface area contributed by atoms with Gasteiger partial charge in [0.1, 0.15) is 5.37 Å². The Hall–Kier alpha value is -2.02. The summed E-state index contributed by atoms with van der Waals surface area (Å²) < 4.78 is 0. The fourth-order valence-electron chi connectivity index (χ4n) is 2.42. The van der Waals surface area contributed by atoms with Gasteiger partial charge in [0, 0.05) is 5.02 Å². The molecule has 1 saturated heterocycles. The smallest absolute Gasteiger partial charge is 0.272 e. The third-order valence-electron chi connectivity index (χ3n) is 3.60. The van der Waals surface area contributed by atoms with Gasteiger partial charge in [-0.1, -0.05) is 54.1 Å². The largest absolute Gasteiger partial charge is 0.378 e. The molecule has 0 spiro atoms. The first-order valence-electron chi connectivity index (χ1n) is 7.29. The van der Waals surface area contributed by atoms with Crippen LogP contribution in [0.25, 0.3) is 0 Å². The molecule has 0 saturated carbocycles. The Morgan fingerprint density at radius 2 is 2.00 bits per heavy atom. The summed E-state index contributed by atoms with van der Waals surface area (Å²) in [5.41, 5.74) is 3.80. The van der Waals surface area contributed by atoms with E-state index >= 15 is 0 Å². The lowest BCUT2D eigenvalue weighted by Gasteiger charge is -2.26. The fraction of sp³-hybridized carbons (Fsp3) is 0.176. The van der Waals surface area contributed by atoms with Crippen LogP contribution in [0.2, 0.25) is 5.02 Å². The molecule has 1 aliphatic heterocycles. The molecule has 124 valence electrons. The van der Waals surface area contributed by atoms with Crippen LogP contribution in [0.4, 0.5) is 0 Å². The minimum Gasteiger partial charge on any atom is -0.378 e. The Morgan fingerprint density at radius 1 is 1.25 bits per heavy atom. The molecule has 5 nitrogen and oxygen atoms in total. The maximum Gasteiger partial charge on any atom is 0.272 e. The number of nitrogens with zero attached hydrogens (tertiary/aromatic N) is 1. The van der Waals surface area contributed by atoms with Crippen LogP contribution in [-0.4, -0.2) is 27.7 Å². The number of carbonyl (C=O) groups excluding carboxylic acids is 2. The first kappa shape index (κ1) is 16.8. The normalized spacial score (nSPS) is 18.5. The molecule has 2 unspecified atom stereocenters. The van der Waals surface area contributed by atoms with E-state index < -0.39 is 12.0 Å². The van der Waals surface area contributed by atoms with Gasteiger partial charge in [0.05, 0.1) is 5.75 Å². The Morgan fingerprint density at radius 3 is 2.71 bits per heavy atom. The number of halogens is 1. The van der Waals surface area contributed by atoms with Gasteiger partial charge in [-0.05, 0) is 23.3 Å². The van der Waals surface area contributed by atoms with Crippen LogP contribution < -0.4 is 5.43 Å². The van der Waals surface area contributed by atoms with Crippen LogP contribution in [0.1, 0.15) is 22.6 Å². The number of hydrazine groups is 1. The lowest BCUT2D eigenvalue weighted by Crippen LogP contribution is -2.46. The third kappa shape index (κ3) is 3.56. The van der Waals surface area contributed by atoms with Gasteiger partial charge < -0.3 is 5.11 Å². The molecule has 24 heavy (non-hydrogen) atoms. The summed E-state index contributed by atoms with van der Waals surface area (Å²) in [7, 11) is 0. The van der Waals surface area contributed by atoms with Crippen molar-refractivity contribution in [2.45, 2.75) is 11.5 Å². The molecule has 7 heteroatoms. The van der Waals surface area contributed by atoms with E-state index in [2.05, 4.69) is 5.43 Å². The maximum atomic E-state index is 12.3. The molecular formula is C17H15ClN2O3S. The van der Waals surface area contributed by atoms with E-state index in [1.807, 2.05) is 6.07 Å². The lowest BCUT2D eigenvalue weighted by molar-refractivity contribution is -0.144. The van der Waals surface area contributed by atoms with Crippen molar-refractivity contribution in [3.63, 3.8) is 0 Å². The Bertz CT molecular complexity index is 757. The number of hydrogen-bond donors (Lipinski definition) is 2. The summed E-state index contributed by atoms with van der Waals surface area (Å²) >= 11 is 7.39. The van der Waals surface area contributed by atoms with Crippen molar-refractivity contribution in [3.8, 4) is 0 Å². The van der Waals surface area contributed by atoms with E-state index in [9.17, 15) is 14.7 Å². The summed E-state index contributed by atoms with van der Waals surface area (Å²) in [5, 5.41) is 11.6. The van der Waals surface area contributed by atoms with Gasteiger partial charge in [-0.25, -0.2) is 5.01 Å². The second-order valence-corrected chi connectivity index (χ2v) is 6.78. The summed E-state index contributed by atoms with van der Waals surface area (Å²) in [6.07, 6.45) is -1.34. The Labute approximate surface area is 148 Å². The van der Waals surface area contributed by atoms with Crippen LogP contribution >= 0.6 is 23.4 Å². The van der Waals surface area contributed by atoms with Crippen molar-refractivity contribution in [1.82, 2.24) is 10.4 Å². The number of carbonyl (C=O) groups is 2. The number of amides is 2. The van der Waals surface area contributed by atoms with Gasteiger partial charge in [-0.2, -0.15) is 0 Å². The number of aliphatic hydroxyl groups excluding tert-OH is 1. The number of nitrogens with one attached hydrogen (secondary N) is 1. The van der Waals surface area contributed by atoms with Crippen LogP contribution in [0, 0.1) is 0 Å². The van der Waals surface area contributed by atoms with Gasteiger partial charge in [0.15, 0.2) is 6.10 Å². The van der Waals surface area contributed by atoms with Crippen molar-refractivity contribution < 1.29 is 14.7 Å². The number of rotatable bonds is 4. The molecular weight excluding hydrogens is 348 g/mol. The standard InChI is InChI=1S/C17H15ClN2O3S/c18-13-8-4-7-12(9-13)17-20(14(21)10-24-17)19-16(23)15(22)11-5-2-1-3-6-11/h1-9,15,17,22H,10H2,(H,19,23).